The first-order valence-electron chi connectivity index (χ1n) is 12.2. The van der Waals surface area contributed by atoms with E-state index < -0.39 is 40.8 Å². The van der Waals surface area contributed by atoms with Crippen LogP contribution in [-0.2, 0) is 9.53 Å². The average Bonchev–Trinajstić information content (AvgIpc) is 2.73. The van der Waals surface area contributed by atoms with Crippen LogP contribution in [0.4, 0.5) is 13.6 Å². The van der Waals surface area contributed by atoms with Crippen LogP contribution in [0, 0.1) is 23.5 Å². The summed E-state index contributed by atoms with van der Waals surface area (Å²) in [5.41, 5.74) is -1.31. The van der Waals surface area contributed by atoms with Crippen molar-refractivity contribution in [3.63, 3.8) is 0 Å². The number of carbonyl (C=O) groups excluding carboxylic acids is 3. The van der Waals surface area contributed by atoms with E-state index in [0.29, 0.717) is 19.6 Å². The van der Waals surface area contributed by atoms with Crippen molar-refractivity contribution in [1.82, 2.24) is 15.1 Å². The van der Waals surface area contributed by atoms with E-state index in [-0.39, 0.29) is 23.8 Å². The van der Waals surface area contributed by atoms with Crippen LogP contribution in [-0.4, -0.2) is 65.0 Å². The second-order valence-corrected chi connectivity index (χ2v) is 10.8. The van der Waals surface area contributed by atoms with Gasteiger partial charge in [0.05, 0.1) is 0 Å². The van der Waals surface area contributed by atoms with Crippen LogP contribution in [0.5, 0.6) is 0 Å². The fraction of sp³-hybridized carbons (Fsp3) is 0.654. The highest BCUT2D eigenvalue weighted by molar-refractivity contribution is 5.98. The van der Waals surface area contributed by atoms with E-state index in [0.717, 1.165) is 25.0 Å². The number of hydrogen-bond donors (Lipinski definition) is 1. The summed E-state index contributed by atoms with van der Waals surface area (Å²) in [5, 5.41) is 2.53. The maximum Gasteiger partial charge on any atom is 0.410 e. The van der Waals surface area contributed by atoms with Crippen molar-refractivity contribution in [1.29, 1.82) is 0 Å². The van der Waals surface area contributed by atoms with Gasteiger partial charge in [0, 0.05) is 25.7 Å². The SMILES string of the molecule is CC(C)[C@H](NC(=O)c1c(F)cccc1F)C(=O)N1CCCC(CN(C(=O)OC(C)(C)C)C(C)C)C1. The van der Waals surface area contributed by atoms with E-state index in [2.05, 4.69) is 5.32 Å². The zero-order valence-corrected chi connectivity index (χ0v) is 21.9. The van der Waals surface area contributed by atoms with Gasteiger partial charge in [-0.25, -0.2) is 13.6 Å². The van der Waals surface area contributed by atoms with Crippen molar-refractivity contribution in [3.8, 4) is 0 Å². The van der Waals surface area contributed by atoms with Crippen molar-refractivity contribution in [2.75, 3.05) is 19.6 Å². The van der Waals surface area contributed by atoms with Gasteiger partial charge in [0.1, 0.15) is 28.8 Å². The van der Waals surface area contributed by atoms with Crippen molar-refractivity contribution in [2.45, 2.75) is 79.0 Å². The monoisotopic (exact) mass is 495 g/mol. The number of ether oxygens (including phenoxy) is 1. The molecule has 1 aliphatic heterocycles. The third-order valence-corrected chi connectivity index (χ3v) is 5.95. The Morgan fingerprint density at radius 2 is 1.74 bits per heavy atom. The molecular formula is C26H39F2N3O4. The molecule has 7 nitrogen and oxygen atoms in total. The lowest BCUT2D eigenvalue weighted by molar-refractivity contribution is -0.136. The van der Waals surface area contributed by atoms with Crippen molar-refractivity contribution in [2.24, 2.45) is 11.8 Å². The number of amides is 3. The van der Waals surface area contributed by atoms with Gasteiger partial charge in [-0.3, -0.25) is 9.59 Å². The lowest BCUT2D eigenvalue weighted by atomic mass is 9.94. The average molecular weight is 496 g/mol. The summed E-state index contributed by atoms with van der Waals surface area (Å²) in [5.74, 6) is -3.48. The molecule has 0 spiro atoms. The number of benzene rings is 1. The van der Waals surface area contributed by atoms with Crippen LogP contribution < -0.4 is 5.32 Å². The normalized spacial score (nSPS) is 17.3. The molecule has 196 valence electrons. The Hall–Kier alpha value is -2.71. The van der Waals surface area contributed by atoms with Gasteiger partial charge >= 0.3 is 6.09 Å². The van der Waals surface area contributed by atoms with Crippen LogP contribution in [0.1, 0.15) is 71.7 Å². The molecule has 0 bridgehead atoms. The van der Waals surface area contributed by atoms with Gasteiger partial charge in [0.25, 0.3) is 5.91 Å². The highest BCUT2D eigenvalue weighted by Gasteiger charge is 2.34. The maximum absolute atomic E-state index is 14.1. The maximum atomic E-state index is 14.1. The van der Waals surface area contributed by atoms with Crippen LogP contribution in [0.2, 0.25) is 0 Å². The smallest absolute Gasteiger partial charge is 0.410 e. The van der Waals surface area contributed by atoms with Gasteiger partial charge in [-0.15, -0.1) is 0 Å². The van der Waals surface area contributed by atoms with E-state index in [1.165, 1.54) is 6.07 Å². The first kappa shape index (κ1) is 28.5. The van der Waals surface area contributed by atoms with E-state index in [1.54, 1.807) is 23.6 Å². The molecule has 2 rings (SSSR count). The number of piperidine rings is 1. The minimum Gasteiger partial charge on any atom is -0.444 e. The second-order valence-electron chi connectivity index (χ2n) is 10.8. The third-order valence-electron chi connectivity index (χ3n) is 5.95. The topological polar surface area (TPSA) is 79.0 Å². The molecule has 9 heteroatoms. The number of likely N-dealkylation sites (tertiary alicyclic amines) is 1. The highest BCUT2D eigenvalue weighted by atomic mass is 19.1. The van der Waals surface area contributed by atoms with Gasteiger partial charge < -0.3 is 19.9 Å². The van der Waals surface area contributed by atoms with Gasteiger partial charge in [-0.2, -0.15) is 0 Å². The molecule has 1 aromatic rings. The van der Waals surface area contributed by atoms with Crippen LogP contribution in [0.3, 0.4) is 0 Å². The Bertz CT molecular complexity index is 894. The summed E-state index contributed by atoms with van der Waals surface area (Å²) < 4.78 is 33.7. The third kappa shape index (κ3) is 7.90. The Morgan fingerprint density at radius 3 is 2.26 bits per heavy atom. The van der Waals surface area contributed by atoms with Gasteiger partial charge in [-0.1, -0.05) is 19.9 Å². The number of carbonyl (C=O) groups is 3. The Morgan fingerprint density at radius 1 is 1.14 bits per heavy atom. The molecule has 1 heterocycles. The largest absolute Gasteiger partial charge is 0.444 e. The second kappa shape index (κ2) is 11.8. The lowest BCUT2D eigenvalue weighted by Gasteiger charge is -2.39. The highest BCUT2D eigenvalue weighted by Crippen LogP contribution is 2.22. The molecule has 0 aliphatic carbocycles. The molecule has 3 amide bonds. The summed E-state index contributed by atoms with van der Waals surface area (Å²) in [7, 11) is 0. The fourth-order valence-corrected chi connectivity index (χ4v) is 4.15. The summed E-state index contributed by atoms with van der Waals surface area (Å²) in [6.45, 7) is 14.2. The zero-order valence-electron chi connectivity index (χ0n) is 21.9. The minimum atomic E-state index is -0.980. The molecule has 1 fully saturated rings. The van der Waals surface area contributed by atoms with E-state index in [9.17, 15) is 23.2 Å². The standard InChI is InChI=1S/C26H39F2N3O4/c1-16(2)22(29-23(32)21-19(27)11-8-12-20(21)28)24(33)30-13-9-10-18(14-30)15-31(17(3)4)25(34)35-26(5,6)7/h8,11-12,16-18,22H,9-10,13-15H2,1-7H3,(H,29,32)/t18?,22-/m0/s1. The molecule has 1 N–H and O–H groups in total. The first-order valence-corrected chi connectivity index (χ1v) is 12.2. The van der Waals surface area contributed by atoms with Gasteiger partial charge in [0.15, 0.2) is 0 Å². The summed E-state index contributed by atoms with van der Waals surface area (Å²) >= 11 is 0. The van der Waals surface area contributed by atoms with E-state index in [1.807, 2.05) is 34.6 Å². The molecule has 0 saturated carbocycles. The minimum absolute atomic E-state index is 0.0372. The molecular weight excluding hydrogens is 456 g/mol. The molecule has 1 unspecified atom stereocenters. The summed E-state index contributed by atoms with van der Waals surface area (Å²) in [6, 6.07) is 2.18. The van der Waals surface area contributed by atoms with Crippen LogP contribution in [0.25, 0.3) is 0 Å². The fourth-order valence-electron chi connectivity index (χ4n) is 4.15. The molecule has 0 aromatic heterocycles. The molecule has 35 heavy (non-hydrogen) atoms. The molecule has 1 aromatic carbocycles. The van der Waals surface area contributed by atoms with E-state index in [4.69, 9.17) is 4.74 Å². The molecule has 0 radical (unpaired) electrons. The van der Waals surface area contributed by atoms with Crippen molar-refractivity contribution >= 4 is 17.9 Å². The van der Waals surface area contributed by atoms with Crippen LogP contribution >= 0.6 is 0 Å². The Balaban J connectivity index is 2.12. The quantitative estimate of drug-likeness (QED) is 0.600. The lowest BCUT2D eigenvalue weighted by Crippen LogP contribution is -2.55. The number of hydrogen-bond acceptors (Lipinski definition) is 4. The Kier molecular flexibility index (Phi) is 9.63. The summed E-state index contributed by atoms with van der Waals surface area (Å²) in [6.07, 6.45) is 1.20. The van der Waals surface area contributed by atoms with Crippen molar-refractivity contribution < 1.29 is 27.9 Å². The molecule has 1 aliphatic rings. The molecule has 1 saturated heterocycles. The van der Waals surface area contributed by atoms with Crippen molar-refractivity contribution in [3.05, 3.63) is 35.4 Å². The van der Waals surface area contributed by atoms with E-state index >= 15 is 0 Å². The first-order chi connectivity index (χ1) is 16.2. The predicted molar refractivity (Wildman–Crippen MR) is 130 cm³/mol. The van der Waals surface area contributed by atoms with Crippen LogP contribution in [0.15, 0.2) is 18.2 Å². The predicted octanol–water partition coefficient (Wildman–Crippen LogP) is 4.60. The van der Waals surface area contributed by atoms with Gasteiger partial charge in [0.2, 0.25) is 5.91 Å². The number of rotatable bonds is 7. The van der Waals surface area contributed by atoms with Gasteiger partial charge in [-0.05, 0) is 71.4 Å². The Labute approximate surface area is 207 Å². The number of nitrogens with zero attached hydrogens (tertiary/aromatic N) is 2. The number of halogens is 2. The summed E-state index contributed by atoms with van der Waals surface area (Å²) in [4.78, 5) is 42.1. The molecule has 2 atom stereocenters. The zero-order chi connectivity index (χ0) is 26.5. The number of nitrogens with one attached hydrogen (secondary N) is 1.